The summed E-state index contributed by atoms with van der Waals surface area (Å²) in [6.45, 7) is 10.9. The Kier molecular flexibility index (Phi) is 15.9. The van der Waals surface area contributed by atoms with Gasteiger partial charge in [0, 0.05) is 0 Å². The van der Waals surface area contributed by atoms with Gasteiger partial charge in [0.2, 0.25) is 0 Å². The third kappa shape index (κ3) is 12.3. The Morgan fingerprint density at radius 3 is 0.803 bits per heavy atom. The molecule has 6 aromatic rings. The van der Waals surface area contributed by atoms with Crippen molar-refractivity contribution in [3.8, 4) is 40.2 Å². The molecule has 0 aromatic heterocycles. The van der Waals surface area contributed by atoms with Gasteiger partial charge in [0.1, 0.15) is 46.5 Å². The number of hydrogen-bond acceptors (Lipinski definition) is 7. The number of aromatic hydroxyl groups is 6. The molecule has 6 N–H and O–H groups in total. The van der Waals surface area contributed by atoms with E-state index in [-0.39, 0.29) is 73.6 Å². The van der Waals surface area contributed by atoms with Gasteiger partial charge in [-0.3, -0.25) is 0 Å². The highest BCUT2D eigenvalue weighted by Crippen LogP contribution is 2.46. The second kappa shape index (κ2) is 20.2. The Balaban J connectivity index is 0.000000217. The lowest BCUT2D eigenvalue weighted by Crippen LogP contribution is -2.22. The number of benzene rings is 6. The van der Waals surface area contributed by atoms with Gasteiger partial charge in [0.15, 0.2) is 11.5 Å². The van der Waals surface area contributed by atoms with E-state index < -0.39 is 36.3 Å². The number of rotatable bonds is 7. The Morgan fingerprint density at radius 2 is 0.561 bits per heavy atom. The van der Waals surface area contributed by atoms with Crippen LogP contribution in [0.15, 0.2) is 97.1 Å². The molecule has 0 amide bonds. The summed E-state index contributed by atoms with van der Waals surface area (Å²) in [6.07, 6.45) is -13.5. The second-order valence-corrected chi connectivity index (χ2v) is 16.0. The lowest BCUT2D eigenvalue weighted by molar-refractivity contribution is -0.142. The molecule has 0 aliphatic rings. The Hall–Kier alpha value is -6.71. The zero-order valence-electron chi connectivity index (χ0n) is 37.0. The predicted octanol–water partition coefficient (Wildman–Crippen LogP) is 13.5. The molecule has 0 saturated carbocycles. The first-order valence-corrected chi connectivity index (χ1v) is 20.0. The van der Waals surface area contributed by atoms with Crippen molar-refractivity contribution >= 4 is 0 Å². The highest BCUT2D eigenvalue weighted by molar-refractivity contribution is 5.51. The number of hydrogen-bond donors (Lipinski definition) is 6. The summed E-state index contributed by atoms with van der Waals surface area (Å²) < 4.78 is 127. The minimum atomic E-state index is -4.52. The van der Waals surface area contributed by atoms with Crippen molar-refractivity contribution in [1.29, 1.82) is 0 Å². The third-order valence-electron chi connectivity index (χ3n) is 10.9. The zero-order valence-corrected chi connectivity index (χ0v) is 37.0. The molecule has 0 aliphatic heterocycles. The summed E-state index contributed by atoms with van der Waals surface area (Å²) >= 11 is 0. The van der Waals surface area contributed by atoms with Gasteiger partial charge in [-0.05, 0) is 151 Å². The van der Waals surface area contributed by atoms with E-state index in [4.69, 9.17) is 4.74 Å². The van der Waals surface area contributed by atoms with E-state index in [2.05, 4.69) is 0 Å². The van der Waals surface area contributed by atoms with Crippen LogP contribution in [0.25, 0.3) is 0 Å². The first-order chi connectivity index (χ1) is 30.5. The molecule has 0 spiro atoms. The summed E-state index contributed by atoms with van der Waals surface area (Å²) in [6, 6.07) is 20.5. The molecule has 1 atom stereocenters. The van der Waals surface area contributed by atoms with Crippen molar-refractivity contribution in [1.82, 2.24) is 0 Å². The average molecular weight is 933 g/mol. The zero-order chi connectivity index (χ0) is 49.8. The first-order valence-electron chi connectivity index (χ1n) is 20.0. The average Bonchev–Trinajstić information content (AvgIpc) is 3.20. The van der Waals surface area contributed by atoms with Crippen LogP contribution < -0.4 is 4.74 Å². The number of alkyl halides is 9. The van der Waals surface area contributed by atoms with Gasteiger partial charge in [-0.25, -0.2) is 0 Å². The van der Waals surface area contributed by atoms with E-state index in [0.29, 0.717) is 38.9 Å². The minimum absolute atomic E-state index is 0.00717. The van der Waals surface area contributed by atoms with Gasteiger partial charge in [-0.15, -0.1) is 0 Å². The van der Waals surface area contributed by atoms with Crippen LogP contribution in [0.5, 0.6) is 40.2 Å². The molecule has 0 saturated heterocycles. The van der Waals surface area contributed by atoms with Crippen molar-refractivity contribution in [2.24, 2.45) is 0 Å². The third-order valence-corrected chi connectivity index (χ3v) is 10.9. The number of aryl methyl sites for hydroxylation is 7. The van der Waals surface area contributed by atoms with Crippen molar-refractivity contribution < 1.29 is 74.9 Å². The topological polar surface area (TPSA) is 131 Å². The van der Waals surface area contributed by atoms with Crippen LogP contribution in [0.1, 0.15) is 90.1 Å². The molecule has 16 heteroatoms. The van der Waals surface area contributed by atoms with Crippen molar-refractivity contribution in [3.63, 3.8) is 0 Å². The summed E-state index contributed by atoms with van der Waals surface area (Å²) in [5, 5.41) is 57.5. The SMILES string of the molecule is COc1cc(C(c2ccc(O)c(C)c2)C(F)(F)F)ccc1O.Cc1cc(C(c2cc(C)c(O)c(C)c2)C(F)(F)F)cc(C)c1O.Cc1cc(C(c2ccc(O)c(C)c2)C(F)(F)F)ccc1O. The smallest absolute Gasteiger partial charge is 0.399 e. The van der Waals surface area contributed by atoms with Crippen LogP contribution in [-0.2, 0) is 0 Å². The molecule has 6 rings (SSSR count). The van der Waals surface area contributed by atoms with Gasteiger partial charge >= 0.3 is 18.5 Å². The lowest BCUT2D eigenvalue weighted by Gasteiger charge is -2.23. The molecule has 66 heavy (non-hydrogen) atoms. The normalized spacial score (nSPS) is 12.3. The van der Waals surface area contributed by atoms with E-state index in [1.165, 1.54) is 105 Å². The van der Waals surface area contributed by atoms with Crippen LogP contribution in [0.3, 0.4) is 0 Å². The van der Waals surface area contributed by atoms with Crippen LogP contribution in [-0.4, -0.2) is 56.3 Å². The standard InChI is InChI=1S/C18H19F3O2.C16H15F3O3.C16H15F3O2/c1-9-5-13(6-10(2)16(9)22)15(18(19,20)21)14-7-11(3)17(23)12(4)8-14;1-9-7-10(3-5-12(9)20)15(16(17,18)19)11-4-6-13(21)14(8-11)22-2;1-9-7-11(3-5-13(9)20)15(16(17,18)19)12-4-6-14(21)10(2)8-12/h5-8,15,22-23H,1-4H3;3-8,15,20-21H,1-2H3;3-8,15,20-21H,1-2H3. The fraction of sp³-hybridized carbons (Fsp3) is 0.280. The van der Waals surface area contributed by atoms with E-state index in [0.717, 1.165) is 6.07 Å². The molecule has 0 bridgehead atoms. The van der Waals surface area contributed by atoms with Gasteiger partial charge in [-0.2, -0.15) is 39.5 Å². The van der Waals surface area contributed by atoms with E-state index in [9.17, 15) is 70.2 Å². The molecular weight excluding hydrogens is 884 g/mol. The largest absolute Gasteiger partial charge is 0.508 e. The molecule has 6 aromatic carbocycles. The van der Waals surface area contributed by atoms with Gasteiger partial charge in [0.05, 0.1) is 7.11 Å². The van der Waals surface area contributed by atoms with Crippen molar-refractivity contribution in [2.75, 3.05) is 7.11 Å². The van der Waals surface area contributed by atoms with Crippen LogP contribution in [0.4, 0.5) is 39.5 Å². The number of methoxy groups -OCH3 is 1. The number of phenols is 6. The molecule has 1 unspecified atom stereocenters. The molecule has 0 heterocycles. The molecule has 354 valence electrons. The fourth-order valence-corrected chi connectivity index (χ4v) is 7.47. The van der Waals surface area contributed by atoms with E-state index in [1.807, 2.05) is 0 Å². The van der Waals surface area contributed by atoms with Crippen molar-refractivity contribution in [3.05, 3.63) is 169 Å². The van der Waals surface area contributed by atoms with Crippen molar-refractivity contribution in [2.45, 2.75) is 84.7 Å². The summed E-state index contributed by atoms with van der Waals surface area (Å²) in [7, 11) is 1.27. The number of phenolic OH excluding ortho intramolecular Hbond substituents is 6. The summed E-state index contributed by atoms with van der Waals surface area (Å²) in [5.41, 5.74) is 2.98. The summed E-state index contributed by atoms with van der Waals surface area (Å²) in [5.74, 6) is -5.86. The monoisotopic (exact) mass is 932 g/mol. The number of halogens is 9. The second-order valence-electron chi connectivity index (χ2n) is 16.0. The van der Waals surface area contributed by atoms with Gasteiger partial charge in [-0.1, -0.05) is 66.7 Å². The number of ether oxygens (including phenoxy) is 1. The quantitative estimate of drug-likeness (QED) is 0.0879. The maximum atomic E-state index is 13.7. The maximum absolute atomic E-state index is 13.7. The predicted molar refractivity (Wildman–Crippen MR) is 232 cm³/mol. The van der Waals surface area contributed by atoms with E-state index in [1.54, 1.807) is 41.5 Å². The summed E-state index contributed by atoms with van der Waals surface area (Å²) in [4.78, 5) is 0. The highest BCUT2D eigenvalue weighted by Gasteiger charge is 2.44. The molecular formula is C50H49F9O7. The van der Waals surface area contributed by atoms with E-state index >= 15 is 0 Å². The molecule has 0 radical (unpaired) electrons. The lowest BCUT2D eigenvalue weighted by atomic mass is 9.86. The van der Waals surface area contributed by atoms with Gasteiger partial charge < -0.3 is 35.4 Å². The van der Waals surface area contributed by atoms with Crippen LogP contribution in [0, 0.1) is 48.5 Å². The highest BCUT2D eigenvalue weighted by atomic mass is 19.4. The van der Waals surface area contributed by atoms with Gasteiger partial charge in [0.25, 0.3) is 0 Å². The first kappa shape index (κ1) is 51.9. The molecule has 7 nitrogen and oxygen atoms in total. The van der Waals surface area contributed by atoms with Crippen LogP contribution >= 0.6 is 0 Å². The Labute approximate surface area is 375 Å². The fourth-order valence-electron chi connectivity index (χ4n) is 7.47. The Morgan fingerprint density at radius 1 is 0.333 bits per heavy atom. The Bertz CT molecular complexity index is 2520. The maximum Gasteiger partial charge on any atom is 0.399 e. The van der Waals surface area contributed by atoms with Crippen LogP contribution in [0.2, 0.25) is 0 Å². The minimum Gasteiger partial charge on any atom is -0.508 e. The molecule has 0 aliphatic carbocycles. The molecule has 0 fully saturated rings.